The van der Waals surface area contributed by atoms with E-state index >= 15 is 0 Å². The Kier molecular flexibility index (Phi) is 4.10. The van der Waals surface area contributed by atoms with E-state index in [4.69, 9.17) is 10.5 Å². The molecule has 0 aliphatic heterocycles. The second kappa shape index (κ2) is 5.97. The molecular weight excluding hydrogens is 256 g/mol. The summed E-state index contributed by atoms with van der Waals surface area (Å²) < 4.78 is 5.00. The highest BCUT2D eigenvalue weighted by Crippen LogP contribution is 2.22. The monoisotopic (exact) mass is 270 g/mol. The summed E-state index contributed by atoms with van der Waals surface area (Å²) >= 11 is 0. The highest BCUT2D eigenvalue weighted by Gasteiger charge is 2.14. The third-order valence-electron chi connectivity index (χ3n) is 2.75. The molecule has 0 unspecified atom stereocenters. The smallest absolute Gasteiger partial charge is 0.340 e. The largest absolute Gasteiger partial charge is 0.462 e. The van der Waals surface area contributed by atoms with Gasteiger partial charge >= 0.3 is 5.97 Å². The van der Waals surface area contributed by atoms with Crippen LogP contribution >= 0.6 is 0 Å². The van der Waals surface area contributed by atoms with Crippen molar-refractivity contribution in [3.63, 3.8) is 0 Å². The lowest BCUT2D eigenvalue weighted by atomic mass is 10.0. The number of aromatic nitrogens is 1. The number of esters is 1. The molecule has 0 atom stereocenters. The predicted octanol–water partition coefficient (Wildman–Crippen LogP) is 2.02. The number of nitrogens with zero attached hydrogens (tertiary/aromatic N) is 1. The molecule has 0 aliphatic rings. The molecule has 0 bridgehead atoms. The summed E-state index contributed by atoms with van der Waals surface area (Å²) in [5, 5.41) is 0. The zero-order valence-corrected chi connectivity index (χ0v) is 11.0. The fourth-order valence-corrected chi connectivity index (χ4v) is 1.80. The number of amides is 1. The van der Waals surface area contributed by atoms with Crippen LogP contribution in [0.4, 0.5) is 0 Å². The van der Waals surface area contributed by atoms with Gasteiger partial charge in [0, 0.05) is 17.3 Å². The zero-order chi connectivity index (χ0) is 14.5. The van der Waals surface area contributed by atoms with Crippen LogP contribution in [0.3, 0.4) is 0 Å². The number of primary amides is 1. The molecule has 0 fully saturated rings. The minimum Gasteiger partial charge on any atom is -0.462 e. The molecule has 102 valence electrons. The summed E-state index contributed by atoms with van der Waals surface area (Å²) in [6, 6.07) is 9.93. The fourth-order valence-electron chi connectivity index (χ4n) is 1.80. The molecule has 0 aliphatic carbocycles. The number of benzene rings is 1. The molecule has 2 aromatic rings. The summed E-state index contributed by atoms with van der Waals surface area (Å²) in [6.07, 6.45) is 1.60. The van der Waals surface area contributed by atoms with Gasteiger partial charge in [-0.3, -0.25) is 9.78 Å². The van der Waals surface area contributed by atoms with Crippen LogP contribution in [0.5, 0.6) is 0 Å². The molecule has 1 aromatic heterocycles. The van der Waals surface area contributed by atoms with E-state index in [9.17, 15) is 9.59 Å². The van der Waals surface area contributed by atoms with Crippen molar-refractivity contribution in [1.29, 1.82) is 0 Å². The van der Waals surface area contributed by atoms with Gasteiger partial charge in [0.1, 0.15) is 0 Å². The standard InChI is InChI=1S/C15H14N2O3/c1-2-20-15(19)12-4-3-9-17-13(12)10-5-7-11(8-6-10)14(16)18/h3-9H,2H2,1H3,(H2,16,18). The van der Waals surface area contributed by atoms with Crippen molar-refractivity contribution in [3.05, 3.63) is 53.7 Å². The first-order chi connectivity index (χ1) is 9.63. The van der Waals surface area contributed by atoms with E-state index in [0.717, 1.165) is 5.56 Å². The molecule has 2 N–H and O–H groups in total. The molecule has 1 amide bonds. The molecule has 1 heterocycles. The average molecular weight is 270 g/mol. The second-order valence-corrected chi connectivity index (χ2v) is 4.06. The quantitative estimate of drug-likeness (QED) is 0.862. The molecule has 0 spiro atoms. The molecule has 5 nitrogen and oxygen atoms in total. The van der Waals surface area contributed by atoms with Gasteiger partial charge in [-0.15, -0.1) is 0 Å². The minimum absolute atomic E-state index is 0.299. The van der Waals surface area contributed by atoms with E-state index < -0.39 is 11.9 Å². The maximum atomic E-state index is 11.9. The Bertz CT molecular complexity index is 636. The Labute approximate surface area is 116 Å². The van der Waals surface area contributed by atoms with Crippen molar-refractivity contribution < 1.29 is 14.3 Å². The number of carbonyl (C=O) groups excluding carboxylic acids is 2. The summed E-state index contributed by atoms with van der Waals surface area (Å²) in [5.74, 6) is -0.919. The van der Waals surface area contributed by atoms with Gasteiger partial charge in [0.05, 0.1) is 17.9 Å². The van der Waals surface area contributed by atoms with Gasteiger partial charge in [0.2, 0.25) is 5.91 Å². The van der Waals surface area contributed by atoms with Gasteiger partial charge in [0.15, 0.2) is 0 Å². The lowest BCUT2D eigenvalue weighted by molar-refractivity contribution is 0.0526. The average Bonchev–Trinajstić information content (AvgIpc) is 2.47. The van der Waals surface area contributed by atoms with Gasteiger partial charge in [-0.1, -0.05) is 12.1 Å². The highest BCUT2D eigenvalue weighted by atomic mass is 16.5. The number of hydrogen-bond acceptors (Lipinski definition) is 4. The van der Waals surface area contributed by atoms with Crippen LogP contribution in [-0.2, 0) is 4.74 Å². The highest BCUT2D eigenvalue weighted by molar-refractivity contribution is 5.97. The normalized spacial score (nSPS) is 10.1. The number of nitrogens with two attached hydrogens (primary N) is 1. The van der Waals surface area contributed by atoms with E-state index in [1.807, 2.05) is 0 Å². The molecule has 5 heteroatoms. The Morgan fingerprint density at radius 3 is 2.50 bits per heavy atom. The van der Waals surface area contributed by atoms with Crippen LogP contribution in [0.15, 0.2) is 42.6 Å². The maximum Gasteiger partial charge on any atom is 0.340 e. The number of hydrogen-bond donors (Lipinski definition) is 1. The zero-order valence-electron chi connectivity index (χ0n) is 11.0. The van der Waals surface area contributed by atoms with Gasteiger partial charge in [-0.05, 0) is 31.2 Å². The summed E-state index contributed by atoms with van der Waals surface area (Å²) in [7, 11) is 0. The topological polar surface area (TPSA) is 82.3 Å². The first kappa shape index (κ1) is 13.7. The second-order valence-electron chi connectivity index (χ2n) is 4.06. The summed E-state index contributed by atoms with van der Waals surface area (Å²) in [6.45, 7) is 2.05. The Morgan fingerprint density at radius 2 is 1.90 bits per heavy atom. The lowest BCUT2D eigenvalue weighted by Gasteiger charge is -2.08. The Balaban J connectivity index is 2.42. The number of rotatable bonds is 4. The van der Waals surface area contributed by atoms with Crippen LogP contribution in [-0.4, -0.2) is 23.5 Å². The Morgan fingerprint density at radius 1 is 1.20 bits per heavy atom. The number of ether oxygens (including phenoxy) is 1. The van der Waals surface area contributed by atoms with E-state index in [1.165, 1.54) is 0 Å². The fraction of sp³-hybridized carbons (Fsp3) is 0.133. The predicted molar refractivity (Wildman–Crippen MR) is 74.1 cm³/mol. The SMILES string of the molecule is CCOC(=O)c1cccnc1-c1ccc(C(N)=O)cc1. The Hall–Kier alpha value is -2.69. The first-order valence-corrected chi connectivity index (χ1v) is 6.16. The number of pyridine rings is 1. The van der Waals surface area contributed by atoms with Gasteiger partial charge in [-0.25, -0.2) is 4.79 Å². The van der Waals surface area contributed by atoms with E-state index in [-0.39, 0.29) is 0 Å². The lowest BCUT2D eigenvalue weighted by Crippen LogP contribution is -2.10. The van der Waals surface area contributed by atoms with Crippen LogP contribution in [0.1, 0.15) is 27.6 Å². The maximum absolute atomic E-state index is 11.9. The molecule has 1 aromatic carbocycles. The van der Waals surface area contributed by atoms with Crippen molar-refractivity contribution in [1.82, 2.24) is 4.98 Å². The van der Waals surface area contributed by atoms with E-state index in [2.05, 4.69) is 4.98 Å². The van der Waals surface area contributed by atoms with Crippen molar-refractivity contribution in [2.75, 3.05) is 6.61 Å². The molecular formula is C15H14N2O3. The molecule has 2 rings (SSSR count). The number of carbonyl (C=O) groups is 2. The summed E-state index contributed by atoms with van der Waals surface area (Å²) in [5.41, 5.74) is 7.22. The third-order valence-corrected chi connectivity index (χ3v) is 2.75. The van der Waals surface area contributed by atoms with Crippen LogP contribution in [0.2, 0.25) is 0 Å². The van der Waals surface area contributed by atoms with Gasteiger partial charge in [0.25, 0.3) is 0 Å². The van der Waals surface area contributed by atoms with E-state index in [0.29, 0.717) is 23.4 Å². The summed E-state index contributed by atoms with van der Waals surface area (Å²) in [4.78, 5) is 27.1. The molecule has 0 saturated heterocycles. The van der Waals surface area contributed by atoms with E-state index in [1.54, 1.807) is 49.5 Å². The third kappa shape index (κ3) is 2.83. The van der Waals surface area contributed by atoms with Crippen molar-refractivity contribution in [2.24, 2.45) is 5.73 Å². The van der Waals surface area contributed by atoms with Crippen LogP contribution in [0.25, 0.3) is 11.3 Å². The van der Waals surface area contributed by atoms with Crippen LogP contribution in [0, 0.1) is 0 Å². The van der Waals surface area contributed by atoms with Crippen molar-refractivity contribution in [3.8, 4) is 11.3 Å². The molecule has 0 radical (unpaired) electrons. The molecule has 20 heavy (non-hydrogen) atoms. The van der Waals surface area contributed by atoms with Crippen molar-refractivity contribution >= 4 is 11.9 Å². The van der Waals surface area contributed by atoms with Gasteiger partial charge < -0.3 is 10.5 Å². The van der Waals surface area contributed by atoms with Gasteiger partial charge in [-0.2, -0.15) is 0 Å². The first-order valence-electron chi connectivity index (χ1n) is 6.16. The minimum atomic E-state index is -0.497. The van der Waals surface area contributed by atoms with Crippen molar-refractivity contribution in [2.45, 2.75) is 6.92 Å². The molecule has 0 saturated carbocycles. The van der Waals surface area contributed by atoms with Crippen LogP contribution < -0.4 is 5.73 Å².